The van der Waals surface area contributed by atoms with E-state index in [1.54, 1.807) is 30.3 Å². The Labute approximate surface area is 80.8 Å². The van der Waals surface area contributed by atoms with Gasteiger partial charge in [0.25, 0.3) is 5.91 Å². The maximum Gasteiger partial charge on any atom is 0.362 e. The smallest absolute Gasteiger partial charge is 0.335 e. The normalized spacial score (nSPS) is 9.21. The minimum absolute atomic E-state index is 0.220. The van der Waals surface area contributed by atoms with Gasteiger partial charge in [0.05, 0.1) is 12.1 Å². The first-order valence-electron chi connectivity index (χ1n) is 3.99. The summed E-state index contributed by atoms with van der Waals surface area (Å²) in [5, 5.41) is 0. The highest BCUT2D eigenvalue weighted by molar-refractivity contribution is 5.90. The first-order chi connectivity index (χ1) is 6.74. The van der Waals surface area contributed by atoms with Crippen molar-refractivity contribution in [3.8, 4) is 0 Å². The molecule has 1 amide bonds. The van der Waals surface area contributed by atoms with E-state index in [1.165, 1.54) is 0 Å². The van der Waals surface area contributed by atoms with Crippen LogP contribution in [0, 0.1) is 0 Å². The zero-order valence-electron chi connectivity index (χ0n) is 7.40. The van der Waals surface area contributed by atoms with E-state index in [4.69, 9.17) is 5.73 Å². The van der Waals surface area contributed by atoms with Gasteiger partial charge in [-0.05, 0) is 12.1 Å². The highest BCUT2D eigenvalue weighted by atomic mass is 16.7. The number of carbonyl (C=O) groups is 2. The van der Waals surface area contributed by atoms with Crippen LogP contribution in [0.25, 0.3) is 0 Å². The molecule has 0 aromatic heterocycles. The second-order valence-electron chi connectivity index (χ2n) is 2.48. The lowest BCUT2D eigenvalue weighted by Gasteiger charge is -2.03. The number of nitrogens with two attached hydrogens (primary N) is 1. The summed E-state index contributed by atoms with van der Waals surface area (Å²) in [5.74, 6) is -1.17. The van der Waals surface area contributed by atoms with Crippen LogP contribution in [0.4, 0.5) is 0 Å². The topological polar surface area (TPSA) is 81.4 Å². The van der Waals surface area contributed by atoms with Crippen molar-refractivity contribution in [3.63, 3.8) is 0 Å². The number of benzene rings is 1. The van der Waals surface area contributed by atoms with Gasteiger partial charge in [-0.25, -0.2) is 4.79 Å². The number of rotatable bonds is 2. The molecule has 0 aliphatic heterocycles. The summed E-state index contributed by atoms with van der Waals surface area (Å²) in [5.41, 5.74) is 7.28. The number of amides is 1. The molecule has 0 saturated carbocycles. The van der Waals surface area contributed by atoms with E-state index >= 15 is 0 Å². The Morgan fingerprint density at radius 1 is 1.29 bits per heavy atom. The van der Waals surface area contributed by atoms with Crippen LogP contribution in [0.5, 0.6) is 0 Å². The number of nitrogens with one attached hydrogen (secondary N) is 1. The fraction of sp³-hybridized carbons (Fsp3) is 0.111. The molecule has 0 radical (unpaired) electrons. The van der Waals surface area contributed by atoms with Gasteiger partial charge < -0.3 is 10.6 Å². The summed E-state index contributed by atoms with van der Waals surface area (Å²) in [7, 11) is 0. The maximum atomic E-state index is 11.2. The molecule has 5 nitrogen and oxygen atoms in total. The molecule has 0 fully saturated rings. The standard InChI is InChI=1S/C9H10N2O3/c10-6-8(12)11-14-9(13)7-4-2-1-3-5-7/h1-5H,6,10H2,(H,11,12). The first-order valence-corrected chi connectivity index (χ1v) is 3.99. The van der Waals surface area contributed by atoms with E-state index in [0.29, 0.717) is 5.56 Å². The van der Waals surface area contributed by atoms with E-state index in [2.05, 4.69) is 4.84 Å². The number of hydrogen-bond acceptors (Lipinski definition) is 4. The lowest BCUT2D eigenvalue weighted by molar-refractivity contribution is -0.128. The zero-order chi connectivity index (χ0) is 10.4. The van der Waals surface area contributed by atoms with Crippen molar-refractivity contribution in [3.05, 3.63) is 35.9 Å². The van der Waals surface area contributed by atoms with Crippen LogP contribution < -0.4 is 11.2 Å². The summed E-state index contributed by atoms with van der Waals surface area (Å²) in [6, 6.07) is 8.33. The second kappa shape index (κ2) is 4.98. The summed E-state index contributed by atoms with van der Waals surface area (Å²) in [6.07, 6.45) is 0. The summed E-state index contributed by atoms with van der Waals surface area (Å²) >= 11 is 0. The van der Waals surface area contributed by atoms with Gasteiger partial charge in [0.15, 0.2) is 0 Å². The van der Waals surface area contributed by atoms with Gasteiger partial charge in [-0.15, -0.1) is 0 Å². The van der Waals surface area contributed by atoms with Crippen molar-refractivity contribution in [2.75, 3.05) is 6.54 Å². The van der Waals surface area contributed by atoms with Crippen LogP contribution in [0.15, 0.2) is 30.3 Å². The zero-order valence-corrected chi connectivity index (χ0v) is 7.40. The van der Waals surface area contributed by atoms with Gasteiger partial charge in [0.1, 0.15) is 0 Å². The second-order valence-corrected chi connectivity index (χ2v) is 2.48. The van der Waals surface area contributed by atoms with Gasteiger partial charge in [0, 0.05) is 0 Å². The Morgan fingerprint density at radius 3 is 2.50 bits per heavy atom. The van der Waals surface area contributed by atoms with Crippen LogP contribution in [0.3, 0.4) is 0 Å². The lowest BCUT2D eigenvalue weighted by Crippen LogP contribution is -2.32. The molecule has 74 valence electrons. The first kappa shape index (κ1) is 10.2. The average molecular weight is 194 g/mol. The number of carbonyl (C=O) groups excluding carboxylic acids is 2. The van der Waals surface area contributed by atoms with Crippen LogP contribution in [0.2, 0.25) is 0 Å². The van der Waals surface area contributed by atoms with Crippen molar-refractivity contribution in [1.29, 1.82) is 0 Å². The van der Waals surface area contributed by atoms with E-state index in [1.807, 2.05) is 5.48 Å². The molecule has 3 N–H and O–H groups in total. The van der Waals surface area contributed by atoms with E-state index < -0.39 is 11.9 Å². The molecule has 0 unspecified atom stereocenters. The molecule has 0 heterocycles. The Balaban J connectivity index is 2.48. The Bertz CT molecular complexity index is 324. The highest BCUT2D eigenvalue weighted by Gasteiger charge is 2.07. The molecule has 14 heavy (non-hydrogen) atoms. The van der Waals surface area contributed by atoms with Crippen molar-refractivity contribution in [2.45, 2.75) is 0 Å². The quantitative estimate of drug-likeness (QED) is 0.640. The number of hydroxylamine groups is 1. The third-order valence-electron chi connectivity index (χ3n) is 1.45. The predicted octanol–water partition coefficient (Wildman–Crippen LogP) is -0.167. The fourth-order valence-corrected chi connectivity index (χ4v) is 0.778. The Morgan fingerprint density at radius 2 is 1.93 bits per heavy atom. The molecule has 1 aromatic carbocycles. The summed E-state index contributed by atoms with van der Waals surface area (Å²) in [4.78, 5) is 26.3. The molecule has 0 spiro atoms. The third kappa shape index (κ3) is 2.87. The Hall–Kier alpha value is -1.88. The van der Waals surface area contributed by atoms with Gasteiger partial charge in [-0.2, -0.15) is 5.48 Å². The van der Waals surface area contributed by atoms with Crippen LogP contribution in [0.1, 0.15) is 10.4 Å². The van der Waals surface area contributed by atoms with Gasteiger partial charge in [-0.3, -0.25) is 4.79 Å². The van der Waals surface area contributed by atoms with E-state index in [0.717, 1.165) is 0 Å². The molecule has 5 heteroatoms. The molecule has 0 saturated heterocycles. The predicted molar refractivity (Wildman–Crippen MR) is 49.1 cm³/mol. The minimum atomic E-state index is -0.618. The Kier molecular flexibility index (Phi) is 3.63. The van der Waals surface area contributed by atoms with Crippen LogP contribution in [-0.2, 0) is 9.63 Å². The lowest BCUT2D eigenvalue weighted by atomic mass is 10.2. The SMILES string of the molecule is NCC(=O)NOC(=O)c1ccccc1. The van der Waals surface area contributed by atoms with Crippen LogP contribution >= 0.6 is 0 Å². The molecular formula is C9H10N2O3. The van der Waals surface area contributed by atoms with Crippen molar-refractivity contribution >= 4 is 11.9 Å². The maximum absolute atomic E-state index is 11.2. The van der Waals surface area contributed by atoms with E-state index in [9.17, 15) is 9.59 Å². The van der Waals surface area contributed by atoms with Gasteiger partial charge in [0.2, 0.25) is 0 Å². The molecule has 0 atom stereocenters. The minimum Gasteiger partial charge on any atom is -0.335 e. The molecule has 0 aliphatic carbocycles. The molecule has 1 aromatic rings. The molecule has 0 aliphatic rings. The van der Waals surface area contributed by atoms with Crippen molar-refractivity contribution < 1.29 is 14.4 Å². The van der Waals surface area contributed by atoms with E-state index in [-0.39, 0.29) is 6.54 Å². The molecular weight excluding hydrogens is 184 g/mol. The average Bonchev–Trinajstić information content (AvgIpc) is 2.26. The van der Waals surface area contributed by atoms with Crippen molar-refractivity contribution in [2.24, 2.45) is 5.73 Å². The monoisotopic (exact) mass is 194 g/mol. The summed E-state index contributed by atoms with van der Waals surface area (Å²) < 4.78 is 0. The highest BCUT2D eigenvalue weighted by Crippen LogP contribution is 1.99. The summed E-state index contributed by atoms with van der Waals surface area (Å²) in [6.45, 7) is -0.220. The van der Waals surface area contributed by atoms with Gasteiger partial charge >= 0.3 is 5.97 Å². The third-order valence-corrected chi connectivity index (χ3v) is 1.45. The van der Waals surface area contributed by atoms with Gasteiger partial charge in [-0.1, -0.05) is 18.2 Å². The largest absolute Gasteiger partial charge is 0.362 e. The van der Waals surface area contributed by atoms with Crippen molar-refractivity contribution in [1.82, 2.24) is 5.48 Å². The number of hydrogen-bond donors (Lipinski definition) is 2. The van der Waals surface area contributed by atoms with Crippen LogP contribution in [-0.4, -0.2) is 18.4 Å². The molecule has 0 bridgehead atoms. The fourth-order valence-electron chi connectivity index (χ4n) is 0.778. The molecule has 1 rings (SSSR count).